The van der Waals surface area contributed by atoms with Gasteiger partial charge in [-0.15, -0.1) is 0 Å². The molecule has 0 spiro atoms. The summed E-state index contributed by atoms with van der Waals surface area (Å²) in [5.41, 5.74) is 1.28. The minimum atomic E-state index is -4.40. The molecule has 4 nitrogen and oxygen atoms in total. The van der Waals surface area contributed by atoms with Crippen LogP contribution in [0.5, 0.6) is 11.5 Å². The maximum atomic E-state index is 12.8. The van der Waals surface area contributed by atoms with Crippen molar-refractivity contribution in [1.82, 2.24) is 0 Å². The Kier molecular flexibility index (Phi) is 7.41. The third kappa shape index (κ3) is 6.65. The highest BCUT2D eigenvalue weighted by atomic mass is 35.5. The van der Waals surface area contributed by atoms with E-state index in [2.05, 4.69) is 5.16 Å². The predicted molar refractivity (Wildman–Crippen MR) is 113 cm³/mol. The Hall–Kier alpha value is -3.19. The molecule has 0 aromatic heterocycles. The molecular formula is C23H19ClF3NO3. The van der Waals surface area contributed by atoms with Gasteiger partial charge in [-0.25, -0.2) is 0 Å². The minimum absolute atomic E-state index is 0.0835. The first-order valence-electron chi connectivity index (χ1n) is 9.22. The number of halogens is 4. The number of rotatable bonds is 8. The van der Waals surface area contributed by atoms with Crippen molar-refractivity contribution in [3.63, 3.8) is 0 Å². The summed E-state index contributed by atoms with van der Waals surface area (Å²) in [4.78, 5) is 5.13. The van der Waals surface area contributed by atoms with E-state index in [0.717, 1.165) is 17.7 Å². The summed E-state index contributed by atoms with van der Waals surface area (Å²) in [6, 6.07) is 17.5. The molecule has 0 aliphatic carbocycles. The van der Waals surface area contributed by atoms with Gasteiger partial charge in [0, 0.05) is 10.6 Å². The largest absolute Gasteiger partial charge is 0.493 e. The van der Waals surface area contributed by atoms with Crippen molar-refractivity contribution in [3.8, 4) is 11.5 Å². The second-order valence-corrected chi connectivity index (χ2v) is 6.97. The van der Waals surface area contributed by atoms with Crippen molar-refractivity contribution >= 4 is 17.8 Å². The monoisotopic (exact) mass is 449 g/mol. The van der Waals surface area contributed by atoms with E-state index < -0.39 is 11.7 Å². The van der Waals surface area contributed by atoms with Gasteiger partial charge in [0.05, 0.1) is 18.9 Å². The van der Waals surface area contributed by atoms with Gasteiger partial charge in [-0.1, -0.05) is 41.0 Å². The molecule has 0 radical (unpaired) electrons. The molecule has 0 N–H and O–H groups in total. The van der Waals surface area contributed by atoms with Crippen LogP contribution >= 0.6 is 11.6 Å². The van der Waals surface area contributed by atoms with Gasteiger partial charge in [0.15, 0.2) is 11.5 Å². The van der Waals surface area contributed by atoms with Crippen LogP contribution in [0.3, 0.4) is 0 Å². The number of ether oxygens (including phenoxy) is 2. The third-order valence-corrected chi connectivity index (χ3v) is 4.51. The van der Waals surface area contributed by atoms with Gasteiger partial charge in [0.1, 0.15) is 13.2 Å². The molecule has 0 saturated carbocycles. The zero-order valence-electron chi connectivity index (χ0n) is 16.5. The number of methoxy groups -OCH3 is 1. The van der Waals surface area contributed by atoms with E-state index in [0.29, 0.717) is 34.3 Å². The molecule has 31 heavy (non-hydrogen) atoms. The van der Waals surface area contributed by atoms with Crippen LogP contribution < -0.4 is 9.47 Å². The Morgan fingerprint density at radius 2 is 1.68 bits per heavy atom. The van der Waals surface area contributed by atoms with E-state index >= 15 is 0 Å². The van der Waals surface area contributed by atoms with Gasteiger partial charge >= 0.3 is 6.18 Å². The van der Waals surface area contributed by atoms with Crippen molar-refractivity contribution in [2.75, 3.05) is 7.11 Å². The molecule has 3 rings (SSSR count). The highest BCUT2D eigenvalue weighted by Gasteiger charge is 2.30. The van der Waals surface area contributed by atoms with Crippen LogP contribution in [0.2, 0.25) is 5.02 Å². The lowest BCUT2D eigenvalue weighted by Crippen LogP contribution is -2.05. The fourth-order valence-corrected chi connectivity index (χ4v) is 2.80. The average Bonchev–Trinajstić information content (AvgIpc) is 2.76. The highest BCUT2D eigenvalue weighted by molar-refractivity contribution is 6.30. The molecule has 3 aromatic rings. The van der Waals surface area contributed by atoms with Gasteiger partial charge in [-0.3, -0.25) is 0 Å². The Labute approximate surface area is 182 Å². The van der Waals surface area contributed by atoms with E-state index in [1.807, 2.05) is 12.1 Å². The molecule has 0 bridgehead atoms. The SMILES string of the molecule is COc1cc(C=NOCc2cccc(C(F)(F)F)c2)ccc1OCc1ccc(Cl)cc1. The number of nitrogens with zero attached hydrogens (tertiary/aromatic N) is 1. The summed E-state index contributed by atoms with van der Waals surface area (Å²) in [6.07, 6.45) is -2.95. The smallest absolute Gasteiger partial charge is 0.416 e. The lowest BCUT2D eigenvalue weighted by atomic mass is 10.1. The maximum absolute atomic E-state index is 12.8. The molecule has 3 aromatic carbocycles. The van der Waals surface area contributed by atoms with E-state index in [1.165, 1.54) is 19.4 Å². The van der Waals surface area contributed by atoms with Crippen molar-refractivity contribution in [3.05, 3.63) is 94.0 Å². The molecule has 0 aliphatic heterocycles. The van der Waals surface area contributed by atoms with Crippen LogP contribution in [0.4, 0.5) is 13.2 Å². The lowest BCUT2D eigenvalue weighted by Gasteiger charge is -2.11. The zero-order chi connectivity index (χ0) is 22.3. The van der Waals surface area contributed by atoms with Gasteiger partial charge in [0.25, 0.3) is 0 Å². The highest BCUT2D eigenvalue weighted by Crippen LogP contribution is 2.30. The Morgan fingerprint density at radius 1 is 0.903 bits per heavy atom. The molecule has 0 atom stereocenters. The first-order chi connectivity index (χ1) is 14.8. The Balaban J connectivity index is 1.58. The van der Waals surface area contributed by atoms with Crippen molar-refractivity contribution in [2.24, 2.45) is 5.16 Å². The number of benzene rings is 3. The van der Waals surface area contributed by atoms with E-state index in [1.54, 1.807) is 36.4 Å². The molecule has 0 saturated heterocycles. The van der Waals surface area contributed by atoms with E-state index in [-0.39, 0.29) is 6.61 Å². The predicted octanol–water partition coefficient (Wildman–Crippen LogP) is 6.50. The quantitative estimate of drug-likeness (QED) is 0.291. The minimum Gasteiger partial charge on any atom is -0.493 e. The van der Waals surface area contributed by atoms with Crippen molar-refractivity contribution in [2.45, 2.75) is 19.4 Å². The number of hydrogen-bond acceptors (Lipinski definition) is 4. The number of oxime groups is 1. The van der Waals surface area contributed by atoms with Crippen LogP contribution in [0, 0.1) is 0 Å². The molecule has 0 aliphatic rings. The van der Waals surface area contributed by atoms with Gasteiger partial charge < -0.3 is 14.3 Å². The fourth-order valence-electron chi connectivity index (χ4n) is 2.67. The molecule has 0 fully saturated rings. The maximum Gasteiger partial charge on any atom is 0.416 e. The van der Waals surface area contributed by atoms with Gasteiger partial charge in [0.2, 0.25) is 0 Å². The average molecular weight is 450 g/mol. The van der Waals surface area contributed by atoms with Gasteiger partial charge in [-0.05, 0) is 53.6 Å². The summed E-state index contributed by atoms with van der Waals surface area (Å²) in [7, 11) is 1.52. The molecule has 0 heterocycles. The first-order valence-corrected chi connectivity index (χ1v) is 9.60. The van der Waals surface area contributed by atoms with Crippen LogP contribution in [0.1, 0.15) is 22.3 Å². The number of alkyl halides is 3. The van der Waals surface area contributed by atoms with Crippen LogP contribution in [0.25, 0.3) is 0 Å². The standard InChI is InChI=1S/C23H19ClF3NO3/c1-29-22-12-17(7-10-21(22)30-14-16-5-8-20(24)9-6-16)13-28-31-15-18-3-2-4-19(11-18)23(25,26)27/h2-13H,14-15H2,1H3. The first kappa shape index (κ1) is 22.5. The van der Waals surface area contributed by atoms with E-state index in [9.17, 15) is 13.2 Å². The second-order valence-electron chi connectivity index (χ2n) is 6.53. The van der Waals surface area contributed by atoms with Crippen LogP contribution in [-0.2, 0) is 24.2 Å². The van der Waals surface area contributed by atoms with Gasteiger partial charge in [-0.2, -0.15) is 13.2 Å². The zero-order valence-corrected chi connectivity index (χ0v) is 17.3. The molecule has 0 amide bonds. The Morgan fingerprint density at radius 3 is 2.39 bits per heavy atom. The van der Waals surface area contributed by atoms with Crippen molar-refractivity contribution < 1.29 is 27.5 Å². The molecule has 8 heteroatoms. The summed E-state index contributed by atoms with van der Waals surface area (Å²) in [6.45, 7) is 0.265. The molecule has 0 unspecified atom stereocenters. The normalized spacial score (nSPS) is 11.5. The number of hydrogen-bond donors (Lipinski definition) is 0. The lowest BCUT2D eigenvalue weighted by molar-refractivity contribution is -0.137. The molecule has 162 valence electrons. The van der Waals surface area contributed by atoms with Crippen LogP contribution in [-0.4, -0.2) is 13.3 Å². The molecular weight excluding hydrogens is 431 g/mol. The fraction of sp³-hybridized carbons (Fsp3) is 0.174. The summed E-state index contributed by atoms with van der Waals surface area (Å²) >= 11 is 5.88. The summed E-state index contributed by atoms with van der Waals surface area (Å²) in [5, 5.41) is 4.47. The summed E-state index contributed by atoms with van der Waals surface area (Å²) < 4.78 is 49.4. The van der Waals surface area contributed by atoms with E-state index in [4.69, 9.17) is 25.9 Å². The third-order valence-electron chi connectivity index (χ3n) is 4.26. The Bertz CT molecular complexity index is 1040. The summed E-state index contributed by atoms with van der Waals surface area (Å²) in [5.74, 6) is 1.07. The second kappa shape index (κ2) is 10.2. The van der Waals surface area contributed by atoms with Crippen LogP contribution in [0.15, 0.2) is 71.9 Å². The topological polar surface area (TPSA) is 40.0 Å². The van der Waals surface area contributed by atoms with Crippen molar-refractivity contribution in [1.29, 1.82) is 0 Å².